The molecule has 2 rings (SSSR count). The molecule has 0 heterocycles. The minimum atomic E-state index is 0.133. The molecule has 0 N–H and O–H groups in total. The molecular formula is C20H22O. The molecule has 1 heteroatoms. The Labute approximate surface area is 128 Å². The maximum Gasteiger partial charge on any atom is 0.118 e. The van der Waals surface area contributed by atoms with Gasteiger partial charge in [-0.1, -0.05) is 61.7 Å². The van der Waals surface area contributed by atoms with Crippen LogP contribution in [0.5, 0.6) is 5.75 Å². The summed E-state index contributed by atoms with van der Waals surface area (Å²) < 4.78 is 5.23. The minimum absolute atomic E-state index is 0.133. The van der Waals surface area contributed by atoms with Crippen molar-refractivity contribution in [2.75, 3.05) is 7.11 Å². The van der Waals surface area contributed by atoms with Crippen LogP contribution < -0.4 is 4.74 Å². The fourth-order valence-corrected chi connectivity index (χ4v) is 2.24. The van der Waals surface area contributed by atoms with Crippen LogP contribution in [-0.2, 0) is 0 Å². The molecule has 108 valence electrons. The number of ether oxygens (including phenoxy) is 1. The van der Waals surface area contributed by atoms with E-state index < -0.39 is 0 Å². The Hall–Kier alpha value is -2.20. The van der Waals surface area contributed by atoms with Gasteiger partial charge in [0.1, 0.15) is 5.75 Å². The lowest BCUT2D eigenvalue weighted by Gasteiger charge is -2.12. The van der Waals surface area contributed by atoms with Crippen molar-refractivity contribution in [1.82, 2.24) is 0 Å². The highest BCUT2D eigenvalue weighted by Crippen LogP contribution is 2.25. The van der Waals surface area contributed by atoms with Crippen LogP contribution in [0.1, 0.15) is 43.2 Å². The lowest BCUT2D eigenvalue weighted by Crippen LogP contribution is -1.98. The number of hydrogen-bond donors (Lipinski definition) is 0. The standard InChI is InChI=1S/C20H22O/c1-3-4-5-9-12-20(17-10-7-6-8-11-17)18-13-15-19(21-2)16-14-18/h6-8,10-11,13-16,20H,3-5H2,1-2H3. The van der Waals surface area contributed by atoms with Crippen LogP contribution in [0, 0.1) is 11.8 Å². The first-order chi connectivity index (χ1) is 10.3. The van der Waals surface area contributed by atoms with Gasteiger partial charge in [-0.05, 0) is 29.7 Å². The van der Waals surface area contributed by atoms with E-state index in [2.05, 4.69) is 55.2 Å². The second-order valence-electron chi connectivity index (χ2n) is 5.04. The predicted octanol–water partition coefficient (Wildman–Crippen LogP) is 5.02. The van der Waals surface area contributed by atoms with Crippen molar-refractivity contribution < 1.29 is 4.74 Å². The van der Waals surface area contributed by atoms with Gasteiger partial charge in [0.25, 0.3) is 0 Å². The van der Waals surface area contributed by atoms with Crippen LogP contribution >= 0.6 is 0 Å². The Morgan fingerprint density at radius 2 is 1.62 bits per heavy atom. The van der Waals surface area contributed by atoms with E-state index in [0.29, 0.717) is 0 Å². The van der Waals surface area contributed by atoms with Crippen LogP contribution in [0.3, 0.4) is 0 Å². The van der Waals surface area contributed by atoms with Crippen LogP contribution in [-0.4, -0.2) is 7.11 Å². The Morgan fingerprint density at radius 1 is 0.952 bits per heavy atom. The van der Waals surface area contributed by atoms with Crippen molar-refractivity contribution in [3.63, 3.8) is 0 Å². The first kappa shape index (κ1) is 15.2. The molecule has 0 amide bonds. The second-order valence-corrected chi connectivity index (χ2v) is 5.04. The highest BCUT2D eigenvalue weighted by Gasteiger charge is 2.10. The van der Waals surface area contributed by atoms with Crippen molar-refractivity contribution in [3.05, 3.63) is 65.7 Å². The molecule has 0 aromatic heterocycles. The Kier molecular flexibility index (Phi) is 5.91. The normalized spacial score (nSPS) is 11.3. The zero-order valence-corrected chi connectivity index (χ0v) is 12.8. The third-order valence-corrected chi connectivity index (χ3v) is 3.48. The van der Waals surface area contributed by atoms with Crippen molar-refractivity contribution in [2.24, 2.45) is 0 Å². The van der Waals surface area contributed by atoms with E-state index in [9.17, 15) is 0 Å². The SMILES string of the molecule is CCCCC#CC(c1ccccc1)c1ccc(OC)cc1. The molecule has 2 aromatic rings. The Balaban J connectivity index is 2.27. The summed E-state index contributed by atoms with van der Waals surface area (Å²) in [6.45, 7) is 2.19. The molecule has 0 aliphatic heterocycles. The molecule has 0 aliphatic carbocycles. The van der Waals surface area contributed by atoms with Gasteiger partial charge in [0, 0.05) is 6.42 Å². The lowest BCUT2D eigenvalue weighted by molar-refractivity contribution is 0.414. The molecule has 0 spiro atoms. The van der Waals surface area contributed by atoms with Crippen molar-refractivity contribution in [1.29, 1.82) is 0 Å². The highest BCUT2D eigenvalue weighted by atomic mass is 16.5. The molecule has 0 radical (unpaired) electrons. The van der Waals surface area contributed by atoms with E-state index in [-0.39, 0.29) is 5.92 Å². The minimum Gasteiger partial charge on any atom is -0.497 e. The quantitative estimate of drug-likeness (QED) is 0.551. The maximum absolute atomic E-state index is 5.23. The van der Waals surface area contributed by atoms with E-state index in [4.69, 9.17) is 4.74 Å². The average molecular weight is 278 g/mol. The van der Waals surface area contributed by atoms with Gasteiger partial charge in [-0.2, -0.15) is 0 Å². The van der Waals surface area contributed by atoms with Gasteiger partial charge in [0.05, 0.1) is 13.0 Å². The Morgan fingerprint density at radius 3 is 2.24 bits per heavy atom. The monoisotopic (exact) mass is 278 g/mol. The summed E-state index contributed by atoms with van der Waals surface area (Å²) in [5.74, 6) is 7.78. The summed E-state index contributed by atoms with van der Waals surface area (Å²) in [5, 5.41) is 0. The first-order valence-electron chi connectivity index (χ1n) is 7.52. The van der Waals surface area contributed by atoms with Crippen LogP contribution in [0.2, 0.25) is 0 Å². The summed E-state index contributed by atoms with van der Waals surface area (Å²) in [4.78, 5) is 0. The van der Waals surface area contributed by atoms with Gasteiger partial charge in [0.15, 0.2) is 0 Å². The molecule has 0 saturated heterocycles. The van der Waals surface area contributed by atoms with Gasteiger partial charge in [0.2, 0.25) is 0 Å². The van der Waals surface area contributed by atoms with E-state index in [1.165, 1.54) is 17.5 Å². The van der Waals surface area contributed by atoms with Crippen molar-refractivity contribution in [3.8, 4) is 17.6 Å². The third kappa shape index (κ3) is 4.39. The van der Waals surface area contributed by atoms with Crippen molar-refractivity contribution in [2.45, 2.75) is 32.1 Å². The zero-order valence-electron chi connectivity index (χ0n) is 12.8. The smallest absolute Gasteiger partial charge is 0.118 e. The van der Waals surface area contributed by atoms with E-state index in [1.807, 2.05) is 18.2 Å². The van der Waals surface area contributed by atoms with E-state index in [1.54, 1.807) is 7.11 Å². The zero-order chi connectivity index (χ0) is 14.9. The molecule has 1 atom stereocenters. The molecular weight excluding hydrogens is 256 g/mol. The van der Waals surface area contributed by atoms with Crippen LogP contribution in [0.15, 0.2) is 54.6 Å². The second kappa shape index (κ2) is 8.17. The molecule has 1 nitrogen and oxygen atoms in total. The fourth-order valence-electron chi connectivity index (χ4n) is 2.24. The summed E-state index contributed by atoms with van der Waals surface area (Å²) >= 11 is 0. The molecule has 0 aliphatic rings. The summed E-state index contributed by atoms with van der Waals surface area (Å²) in [7, 11) is 1.69. The van der Waals surface area contributed by atoms with Gasteiger partial charge >= 0.3 is 0 Å². The van der Waals surface area contributed by atoms with E-state index in [0.717, 1.165) is 18.6 Å². The van der Waals surface area contributed by atoms with Gasteiger partial charge in [-0.15, -0.1) is 5.92 Å². The molecule has 1 unspecified atom stereocenters. The van der Waals surface area contributed by atoms with Gasteiger partial charge < -0.3 is 4.74 Å². The van der Waals surface area contributed by atoms with Crippen molar-refractivity contribution >= 4 is 0 Å². The molecule has 21 heavy (non-hydrogen) atoms. The molecule has 2 aromatic carbocycles. The number of rotatable bonds is 5. The summed E-state index contributed by atoms with van der Waals surface area (Å²) in [6, 6.07) is 18.7. The molecule has 0 bridgehead atoms. The third-order valence-electron chi connectivity index (χ3n) is 3.48. The van der Waals surface area contributed by atoms with Gasteiger partial charge in [-0.25, -0.2) is 0 Å². The van der Waals surface area contributed by atoms with Gasteiger partial charge in [-0.3, -0.25) is 0 Å². The number of methoxy groups -OCH3 is 1. The average Bonchev–Trinajstić information content (AvgIpc) is 2.56. The highest BCUT2D eigenvalue weighted by molar-refractivity contribution is 5.42. The van der Waals surface area contributed by atoms with Crippen LogP contribution in [0.25, 0.3) is 0 Å². The molecule has 0 saturated carbocycles. The first-order valence-corrected chi connectivity index (χ1v) is 7.52. The topological polar surface area (TPSA) is 9.23 Å². The Bertz CT molecular complexity index is 587. The summed E-state index contributed by atoms with van der Waals surface area (Å²) in [6.07, 6.45) is 3.32. The number of benzene rings is 2. The van der Waals surface area contributed by atoms with Crippen LogP contribution in [0.4, 0.5) is 0 Å². The van der Waals surface area contributed by atoms with E-state index >= 15 is 0 Å². The number of hydrogen-bond acceptors (Lipinski definition) is 1. The fraction of sp³-hybridized carbons (Fsp3) is 0.300. The lowest BCUT2D eigenvalue weighted by atomic mass is 9.91. The predicted molar refractivity (Wildman–Crippen MR) is 88.6 cm³/mol. The molecule has 0 fully saturated rings. The summed E-state index contributed by atoms with van der Waals surface area (Å²) in [5.41, 5.74) is 2.46. The largest absolute Gasteiger partial charge is 0.497 e. The maximum atomic E-state index is 5.23. The number of unbranched alkanes of at least 4 members (excludes halogenated alkanes) is 2.